The number of rotatable bonds is 4. The van der Waals surface area contributed by atoms with Gasteiger partial charge in [-0.3, -0.25) is 4.79 Å². The van der Waals surface area contributed by atoms with Crippen LogP contribution in [0.25, 0.3) is 0 Å². The number of nitrogens with one attached hydrogen (secondary N) is 1. The third kappa shape index (κ3) is 3.84. The highest BCUT2D eigenvalue weighted by Gasteiger charge is 2.20. The van der Waals surface area contributed by atoms with Crippen LogP contribution in [-0.4, -0.2) is 20.6 Å². The van der Waals surface area contributed by atoms with Gasteiger partial charge in [-0.1, -0.05) is 23.7 Å². The number of hydrogen-bond acceptors (Lipinski definition) is 4. The predicted octanol–water partition coefficient (Wildman–Crippen LogP) is 3.55. The molecule has 0 unspecified atom stereocenters. The zero-order chi connectivity index (χ0) is 15.6. The highest BCUT2D eigenvalue weighted by molar-refractivity contribution is 7.90. The van der Waals surface area contributed by atoms with E-state index < -0.39 is 15.8 Å². The van der Waals surface area contributed by atoms with Crippen molar-refractivity contribution in [1.29, 1.82) is 0 Å². The number of halogens is 1. The van der Waals surface area contributed by atoms with Gasteiger partial charge in [0.1, 0.15) is 0 Å². The number of benzene rings is 1. The van der Waals surface area contributed by atoms with Crippen molar-refractivity contribution in [2.45, 2.75) is 17.7 Å². The van der Waals surface area contributed by atoms with Gasteiger partial charge in [-0.2, -0.15) is 0 Å². The fraction of sp³-hybridized carbons (Fsp3) is 0.214. The molecule has 0 radical (unpaired) electrons. The molecule has 0 spiro atoms. The van der Waals surface area contributed by atoms with Crippen LogP contribution in [0.1, 0.15) is 17.7 Å². The first-order valence-corrected chi connectivity index (χ1v) is 9.23. The molecule has 1 N–H and O–H groups in total. The molecule has 2 rings (SSSR count). The molecule has 1 heterocycles. The normalized spacial score (nSPS) is 12.9. The van der Waals surface area contributed by atoms with E-state index in [9.17, 15) is 13.2 Å². The average Bonchev–Trinajstić information content (AvgIpc) is 2.84. The minimum atomic E-state index is -3.40. The molecule has 21 heavy (non-hydrogen) atoms. The number of thiophene rings is 1. The number of carbonyl (C=O) groups excluding carboxylic acids is 1. The van der Waals surface area contributed by atoms with Crippen molar-refractivity contribution in [2.75, 3.05) is 11.6 Å². The SMILES string of the molecule is C[C@@H](C(=O)Nc1ccccc1S(C)(=O)=O)c1ccc(Cl)s1. The first-order valence-electron chi connectivity index (χ1n) is 6.14. The molecule has 0 aliphatic carbocycles. The van der Waals surface area contributed by atoms with Gasteiger partial charge in [0.05, 0.1) is 20.8 Å². The monoisotopic (exact) mass is 343 g/mol. The van der Waals surface area contributed by atoms with Gasteiger partial charge < -0.3 is 5.32 Å². The Morgan fingerprint density at radius 2 is 1.90 bits per heavy atom. The molecule has 1 aromatic carbocycles. The van der Waals surface area contributed by atoms with Crippen LogP contribution < -0.4 is 5.32 Å². The Kier molecular flexibility index (Phi) is 4.70. The standard InChI is InChI=1S/C14H14ClNO3S2/c1-9(11-7-8-13(15)20-11)14(17)16-10-5-3-4-6-12(10)21(2,18)19/h3-9H,1-2H3,(H,16,17)/t9-/m1/s1. The summed E-state index contributed by atoms with van der Waals surface area (Å²) < 4.78 is 24.0. The second-order valence-corrected chi connectivity index (χ2v) is 8.35. The van der Waals surface area contributed by atoms with Crippen LogP contribution >= 0.6 is 22.9 Å². The zero-order valence-electron chi connectivity index (χ0n) is 11.5. The van der Waals surface area contributed by atoms with Crippen molar-refractivity contribution in [1.82, 2.24) is 0 Å². The van der Waals surface area contributed by atoms with Crippen LogP contribution in [0.4, 0.5) is 5.69 Å². The van der Waals surface area contributed by atoms with Crippen molar-refractivity contribution in [3.05, 3.63) is 45.6 Å². The van der Waals surface area contributed by atoms with Gasteiger partial charge in [0.15, 0.2) is 9.84 Å². The highest BCUT2D eigenvalue weighted by atomic mass is 35.5. The maximum Gasteiger partial charge on any atom is 0.232 e. The van der Waals surface area contributed by atoms with E-state index in [1.165, 1.54) is 17.4 Å². The predicted molar refractivity (Wildman–Crippen MR) is 85.9 cm³/mol. The van der Waals surface area contributed by atoms with E-state index >= 15 is 0 Å². The maximum absolute atomic E-state index is 12.3. The molecule has 1 atom stereocenters. The van der Waals surface area contributed by atoms with E-state index in [-0.39, 0.29) is 10.8 Å². The van der Waals surface area contributed by atoms with Gasteiger partial charge >= 0.3 is 0 Å². The van der Waals surface area contributed by atoms with Gasteiger partial charge in [0.25, 0.3) is 0 Å². The number of hydrogen-bond donors (Lipinski definition) is 1. The Hall–Kier alpha value is -1.37. The topological polar surface area (TPSA) is 63.2 Å². The highest BCUT2D eigenvalue weighted by Crippen LogP contribution is 2.29. The number of carbonyl (C=O) groups is 1. The molecular weight excluding hydrogens is 330 g/mol. The van der Waals surface area contributed by atoms with Crippen molar-refractivity contribution in [2.24, 2.45) is 0 Å². The van der Waals surface area contributed by atoms with Gasteiger partial charge in [0, 0.05) is 11.1 Å². The summed E-state index contributed by atoms with van der Waals surface area (Å²) >= 11 is 7.19. The summed E-state index contributed by atoms with van der Waals surface area (Å²) in [4.78, 5) is 13.2. The van der Waals surface area contributed by atoms with Gasteiger partial charge in [-0.15, -0.1) is 11.3 Å². The maximum atomic E-state index is 12.3. The summed E-state index contributed by atoms with van der Waals surface area (Å²) in [6, 6.07) is 9.86. The molecule has 0 bridgehead atoms. The smallest absolute Gasteiger partial charge is 0.232 e. The molecular formula is C14H14ClNO3S2. The largest absolute Gasteiger partial charge is 0.324 e. The number of anilines is 1. The fourth-order valence-electron chi connectivity index (χ4n) is 1.82. The van der Waals surface area contributed by atoms with Crippen LogP contribution in [0.5, 0.6) is 0 Å². The number of para-hydroxylation sites is 1. The second-order valence-electron chi connectivity index (χ2n) is 4.62. The summed E-state index contributed by atoms with van der Waals surface area (Å²) in [7, 11) is -3.40. The Labute approximate surface area is 132 Å². The number of sulfone groups is 1. The van der Waals surface area contributed by atoms with Crippen LogP contribution in [-0.2, 0) is 14.6 Å². The lowest BCUT2D eigenvalue weighted by Crippen LogP contribution is -2.19. The number of amides is 1. The minimum Gasteiger partial charge on any atom is -0.324 e. The Morgan fingerprint density at radius 1 is 1.24 bits per heavy atom. The molecule has 1 amide bonds. The van der Waals surface area contributed by atoms with Crippen molar-refractivity contribution in [3.63, 3.8) is 0 Å². The minimum absolute atomic E-state index is 0.106. The third-order valence-corrected chi connectivity index (χ3v) is 5.53. The second kappa shape index (κ2) is 6.17. The van der Waals surface area contributed by atoms with Crippen LogP contribution in [0.3, 0.4) is 0 Å². The summed E-state index contributed by atoms with van der Waals surface area (Å²) in [6.07, 6.45) is 1.11. The molecule has 0 aliphatic heterocycles. The lowest BCUT2D eigenvalue weighted by atomic mass is 10.1. The zero-order valence-corrected chi connectivity index (χ0v) is 13.8. The van der Waals surface area contributed by atoms with Gasteiger partial charge in [-0.05, 0) is 31.2 Å². The van der Waals surface area contributed by atoms with Gasteiger partial charge in [-0.25, -0.2) is 8.42 Å². The summed E-state index contributed by atoms with van der Waals surface area (Å²) in [5.74, 6) is -0.681. The lowest BCUT2D eigenvalue weighted by molar-refractivity contribution is -0.117. The first-order chi connectivity index (χ1) is 9.79. The van der Waals surface area contributed by atoms with E-state index in [1.807, 2.05) is 0 Å². The van der Waals surface area contributed by atoms with Crippen molar-refractivity contribution in [3.8, 4) is 0 Å². The first kappa shape index (κ1) is 16.0. The molecule has 0 aliphatic rings. The van der Waals surface area contributed by atoms with Crippen LogP contribution in [0.15, 0.2) is 41.3 Å². The van der Waals surface area contributed by atoms with E-state index in [2.05, 4.69) is 5.32 Å². The molecule has 0 saturated heterocycles. The molecule has 7 heteroatoms. The summed E-state index contributed by atoms with van der Waals surface area (Å²) in [5, 5.41) is 2.67. The molecule has 1 aromatic heterocycles. The summed E-state index contributed by atoms with van der Waals surface area (Å²) in [5.41, 5.74) is 0.291. The third-order valence-electron chi connectivity index (χ3n) is 2.96. The van der Waals surface area contributed by atoms with E-state index in [0.29, 0.717) is 10.0 Å². The molecule has 4 nitrogen and oxygen atoms in total. The Morgan fingerprint density at radius 3 is 2.48 bits per heavy atom. The lowest BCUT2D eigenvalue weighted by Gasteiger charge is -2.13. The van der Waals surface area contributed by atoms with Crippen LogP contribution in [0.2, 0.25) is 4.34 Å². The van der Waals surface area contributed by atoms with Crippen molar-refractivity contribution < 1.29 is 13.2 Å². The van der Waals surface area contributed by atoms with Crippen LogP contribution in [0, 0.1) is 0 Å². The Bertz CT molecular complexity index is 768. The van der Waals surface area contributed by atoms with Crippen molar-refractivity contribution >= 4 is 44.4 Å². The van der Waals surface area contributed by atoms with Gasteiger partial charge in [0.2, 0.25) is 5.91 Å². The quantitative estimate of drug-likeness (QED) is 0.923. The molecule has 0 fully saturated rings. The fourth-order valence-corrected chi connectivity index (χ4v) is 3.78. The molecule has 0 saturated carbocycles. The van der Waals surface area contributed by atoms with E-state index in [4.69, 9.17) is 11.6 Å². The van der Waals surface area contributed by atoms with E-state index in [1.54, 1.807) is 37.3 Å². The average molecular weight is 344 g/mol. The molecule has 2 aromatic rings. The Balaban J connectivity index is 2.25. The van der Waals surface area contributed by atoms with E-state index in [0.717, 1.165) is 11.1 Å². The molecule has 112 valence electrons. The summed E-state index contributed by atoms with van der Waals surface area (Å²) in [6.45, 7) is 1.75.